The summed E-state index contributed by atoms with van der Waals surface area (Å²) >= 11 is 9.73. The van der Waals surface area contributed by atoms with Gasteiger partial charge in [0.2, 0.25) is 5.91 Å². The van der Waals surface area contributed by atoms with Crippen molar-refractivity contribution >= 4 is 39.3 Å². The number of carbonyl (C=O) groups excluding carboxylic acids is 2. The first kappa shape index (κ1) is 25.8. The van der Waals surface area contributed by atoms with Crippen molar-refractivity contribution < 1.29 is 14.3 Å². The Kier molecular flexibility index (Phi) is 9.13. The largest absolute Gasteiger partial charge is 0.484 e. The molecular formula is C27H28BrClN2O3. The van der Waals surface area contributed by atoms with E-state index in [1.54, 1.807) is 24.1 Å². The van der Waals surface area contributed by atoms with E-state index in [0.717, 1.165) is 26.7 Å². The van der Waals surface area contributed by atoms with Crippen LogP contribution >= 0.6 is 27.5 Å². The highest BCUT2D eigenvalue weighted by Gasteiger charge is 2.30. The number of hydrogen-bond acceptors (Lipinski definition) is 3. The number of amides is 2. The van der Waals surface area contributed by atoms with Gasteiger partial charge < -0.3 is 15.0 Å². The predicted octanol–water partition coefficient (Wildman–Crippen LogP) is 5.48. The summed E-state index contributed by atoms with van der Waals surface area (Å²) < 4.78 is 6.88. The smallest absolute Gasteiger partial charge is 0.261 e. The van der Waals surface area contributed by atoms with Gasteiger partial charge in [-0.15, -0.1) is 0 Å². The molecule has 3 aromatic rings. The van der Waals surface area contributed by atoms with Crippen LogP contribution in [0, 0.1) is 13.8 Å². The lowest BCUT2D eigenvalue weighted by Crippen LogP contribution is -2.51. The molecule has 0 spiro atoms. The number of nitrogens with one attached hydrogen (secondary N) is 1. The van der Waals surface area contributed by atoms with Crippen LogP contribution in [0.2, 0.25) is 5.02 Å². The van der Waals surface area contributed by atoms with Gasteiger partial charge in [-0.2, -0.15) is 0 Å². The van der Waals surface area contributed by atoms with E-state index in [1.165, 1.54) is 0 Å². The summed E-state index contributed by atoms with van der Waals surface area (Å²) in [4.78, 5) is 28.0. The van der Waals surface area contributed by atoms with Crippen molar-refractivity contribution in [2.24, 2.45) is 0 Å². The molecule has 0 saturated carbocycles. The second kappa shape index (κ2) is 12.0. The highest BCUT2D eigenvalue weighted by Crippen LogP contribution is 2.26. The van der Waals surface area contributed by atoms with Gasteiger partial charge in [0, 0.05) is 29.5 Å². The lowest BCUT2D eigenvalue weighted by molar-refractivity contribution is -0.142. The number of halogens is 2. The van der Waals surface area contributed by atoms with Crippen molar-refractivity contribution in [2.75, 3.05) is 13.7 Å². The van der Waals surface area contributed by atoms with Gasteiger partial charge in [0.25, 0.3) is 5.91 Å². The number of ether oxygens (including phenoxy) is 1. The zero-order valence-corrected chi connectivity index (χ0v) is 21.8. The number of aryl methyl sites for hydroxylation is 2. The standard InChI is InChI=1S/C27H28BrClN2O3/c1-18-12-23(13-19(2)26(18)28)34-17-25(32)31(16-21-10-7-11-22(29)14-21)24(27(33)30-3)15-20-8-5-4-6-9-20/h4-14,24H,15-17H2,1-3H3,(H,30,33)/t24-/m0/s1. The summed E-state index contributed by atoms with van der Waals surface area (Å²) in [6.45, 7) is 3.98. The zero-order valence-electron chi connectivity index (χ0n) is 19.5. The molecule has 0 aliphatic rings. The van der Waals surface area contributed by atoms with Crippen LogP contribution in [0.3, 0.4) is 0 Å². The van der Waals surface area contributed by atoms with E-state index in [4.69, 9.17) is 16.3 Å². The van der Waals surface area contributed by atoms with Crippen molar-refractivity contribution in [3.63, 3.8) is 0 Å². The lowest BCUT2D eigenvalue weighted by atomic mass is 10.0. The molecule has 34 heavy (non-hydrogen) atoms. The molecule has 0 aliphatic heterocycles. The summed E-state index contributed by atoms with van der Waals surface area (Å²) in [5.74, 6) is 0.0751. The SMILES string of the molecule is CNC(=O)[C@H](Cc1ccccc1)N(Cc1cccc(Cl)c1)C(=O)COc1cc(C)c(Br)c(C)c1. The summed E-state index contributed by atoms with van der Waals surface area (Å²) in [5, 5.41) is 3.28. The molecule has 0 aromatic heterocycles. The molecule has 1 atom stereocenters. The third kappa shape index (κ3) is 6.84. The second-order valence-corrected chi connectivity index (χ2v) is 9.36. The molecule has 5 nitrogen and oxygen atoms in total. The fourth-order valence-corrected chi connectivity index (χ4v) is 4.21. The van der Waals surface area contributed by atoms with Crippen LogP contribution in [0.25, 0.3) is 0 Å². The summed E-state index contributed by atoms with van der Waals surface area (Å²) in [5.41, 5.74) is 3.83. The monoisotopic (exact) mass is 542 g/mol. The van der Waals surface area contributed by atoms with Crippen molar-refractivity contribution in [3.8, 4) is 5.75 Å². The third-order valence-electron chi connectivity index (χ3n) is 5.53. The van der Waals surface area contributed by atoms with E-state index in [-0.39, 0.29) is 25.0 Å². The van der Waals surface area contributed by atoms with Gasteiger partial charge in [0.05, 0.1) is 0 Å². The van der Waals surface area contributed by atoms with Gasteiger partial charge >= 0.3 is 0 Å². The van der Waals surface area contributed by atoms with E-state index >= 15 is 0 Å². The fourth-order valence-electron chi connectivity index (χ4n) is 3.77. The summed E-state index contributed by atoms with van der Waals surface area (Å²) in [6.07, 6.45) is 0.378. The van der Waals surface area contributed by atoms with Crippen molar-refractivity contribution in [2.45, 2.75) is 32.9 Å². The van der Waals surface area contributed by atoms with Crippen molar-refractivity contribution in [1.29, 1.82) is 0 Å². The first-order valence-corrected chi connectivity index (χ1v) is 12.1. The van der Waals surface area contributed by atoms with Crippen LogP contribution in [0.15, 0.2) is 71.2 Å². The van der Waals surface area contributed by atoms with Gasteiger partial charge in [0.15, 0.2) is 6.61 Å². The van der Waals surface area contributed by atoms with E-state index in [2.05, 4.69) is 21.2 Å². The Bertz CT molecular complexity index is 1130. The number of rotatable bonds is 9. The van der Waals surface area contributed by atoms with Crippen LogP contribution in [-0.4, -0.2) is 36.4 Å². The minimum absolute atomic E-state index is 0.191. The first-order valence-electron chi connectivity index (χ1n) is 11.0. The third-order valence-corrected chi connectivity index (χ3v) is 7.02. The maximum absolute atomic E-state index is 13.5. The molecule has 3 rings (SSSR count). The van der Waals surface area contributed by atoms with Gasteiger partial charge in [-0.25, -0.2) is 0 Å². The Labute approximate surface area is 214 Å². The molecule has 0 radical (unpaired) electrons. The van der Waals surface area contributed by atoms with Gasteiger partial charge in [0.1, 0.15) is 11.8 Å². The quantitative estimate of drug-likeness (QED) is 0.389. The summed E-state index contributed by atoms with van der Waals surface area (Å²) in [6, 6.07) is 20.0. The lowest BCUT2D eigenvalue weighted by Gasteiger charge is -2.31. The minimum Gasteiger partial charge on any atom is -0.484 e. The number of benzene rings is 3. The Morgan fingerprint density at radius 3 is 2.26 bits per heavy atom. The molecule has 0 saturated heterocycles. The Balaban J connectivity index is 1.89. The number of carbonyl (C=O) groups is 2. The average molecular weight is 544 g/mol. The normalized spacial score (nSPS) is 11.6. The molecule has 1 N–H and O–H groups in total. The maximum atomic E-state index is 13.5. The van der Waals surface area contributed by atoms with Crippen molar-refractivity contribution in [3.05, 3.63) is 98.5 Å². The molecule has 0 heterocycles. The number of hydrogen-bond donors (Lipinski definition) is 1. The Morgan fingerprint density at radius 1 is 1.00 bits per heavy atom. The van der Waals surface area contributed by atoms with E-state index < -0.39 is 6.04 Å². The molecule has 3 aromatic carbocycles. The second-order valence-electron chi connectivity index (χ2n) is 8.13. The number of nitrogens with zero attached hydrogens (tertiary/aromatic N) is 1. The van der Waals surface area contributed by atoms with Crippen molar-refractivity contribution in [1.82, 2.24) is 10.2 Å². The first-order chi connectivity index (χ1) is 16.3. The maximum Gasteiger partial charge on any atom is 0.261 e. The molecule has 0 aliphatic carbocycles. The molecule has 2 amide bonds. The Hall–Kier alpha value is -2.83. The molecule has 7 heteroatoms. The van der Waals surface area contributed by atoms with Crippen LogP contribution in [0.1, 0.15) is 22.3 Å². The average Bonchev–Trinajstić information content (AvgIpc) is 2.83. The van der Waals surface area contributed by atoms with Crippen LogP contribution < -0.4 is 10.1 Å². The molecular weight excluding hydrogens is 516 g/mol. The predicted molar refractivity (Wildman–Crippen MR) is 139 cm³/mol. The molecule has 178 valence electrons. The molecule has 0 fully saturated rings. The Morgan fingerprint density at radius 2 is 1.65 bits per heavy atom. The topological polar surface area (TPSA) is 58.6 Å². The van der Waals surface area contributed by atoms with E-state index in [1.807, 2.05) is 68.4 Å². The number of likely N-dealkylation sites (N-methyl/N-ethyl adjacent to an activating group) is 1. The van der Waals surface area contributed by atoms with Gasteiger partial charge in [-0.1, -0.05) is 70.0 Å². The minimum atomic E-state index is -0.712. The highest BCUT2D eigenvalue weighted by molar-refractivity contribution is 9.10. The summed E-state index contributed by atoms with van der Waals surface area (Å²) in [7, 11) is 1.58. The van der Waals surface area contributed by atoms with Gasteiger partial charge in [-0.05, 0) is 60.4 Å². The van der Waals surface area contributed by atoms with Crippen LogP contribution in [0.4, 0.5) is 0 Å². The highest BCUT2D eigenvalue weighted by atomic mass is 79.9. The van der Waals surface area contributed by atoms with Crippen LogP contribution in [-0.2, 0) is 22.6 Å². The van der Waals surface area contributed by atoms with Crippen LogP contribution in [0.5, 0.6) is 5.75 Å². The molecule has 0 unspecified atom stereocenters. The van der Waals surface area contributed by atoms with E-state index in [0.29, 0.717) is 17.2 Å². The zero-order chi connectivity index (χ0) is 24.7. The van der Waals surface area contributed by atoms with Gasteiger partial charge in [-0.3, -0.25) is 9.59 Å². The molecule has 0 bridgehead atoms. The van der Waals surface area contributed by atoms with E-state index in [9.17, 15) is 9.59 Å². The fraction of sp³-hybridized carbons (Fsp3) is 0.259.